The van der Waals surface area contributed by atoms with Crippen molar-refractivity contribution in [1.29, 1.82) is 0 Å². The minimum absolute atomic E-state index is 0.103. The Balaban J connectivity index is 1.84. The first kappa shape index (κ1) is 18.5. The quantitative estimate of drug-likeness (QED) is 0.744. The number of nitrogens with one attached hydrogen (secondary N) is 2. The van der Waals surface area contributed by atoms with Crippen molar-refractivity contribution in [3.05, 3.63) is 71.3 Å². The third kappa shape index (κ3) is 5.36. The molecule has 0 unspecified atom stereocenters. The number of carbonyl (C=O) groups is 2. The van der Waals surface area contributed by atoms with Gasteiger partial charge in [0.05, 0.1) is 13.1 Å². The van der Waals surface area contributed by atoms with Crippen molar-refractivity contribution in [3.8, 4) is 0 Å². The molecule has 0 aliphatic heterocycles. The van der Waals surface area contributed by atoms with E-state index in [0.29, 0.717) is 5.56 Å². The maximum atomic E-state index is 13.1. The van der Waals surface area contributed by atoms with Crippen molar-refractivity contribution in [2.24, 2.45) is 0 Å². The molecule has 5 nitrogen and oxygen atoms in total. The van der Waals surface area contributed by atoms with Crippen LogP contribution in [0.3, 0.4) is 0 Å². The highest BCUT2D eigenvalue weighted by atomic mass is 19.1. The Kier molecular flexibility index (Phi) is 5.82. The summed E-state index contributed by atoms with van der Waals surface area (Å²) in [6, 6.07) is 10.4. The smallest absolute Gasteiger partial charge is 0.251 e. The van der Waals surface area contributed by atoms with Crippen molar-refractivity contribution in [2.45, 2.75) is 12.5 Å². The molecule has 0 aliphatic rings. The highest BCUT2D eigenvalue weighted by Gasteiger charge is 2.23. The van der Waals surface area contributed by atoms with Gasteiger partial charge >= 0.3 is 0 Å². The van der Waals surface area contributed by atoms with Crippen LogP contribution in [0.2, 0.25) is 0 Å². The number of halogens is 2. The number of hydrogen-bond acceptors (Lipinski definition) is 3. The fourth-order valence-corrected chi connectivity index (χ4v) is 2.14. The Morgan fingerprint density at radius 1 is 1.04 bits per heavy atom. The Bertz CT molecular complexity index is 761. The van der Waals surface area contributed by atoms with Crippen LogP contribution in [-0.4, -0.2) is 30.0 Å². The summed E-state index contributed by atoms with van der Waals surface area (Å²) in [7, 11) is 0. The molecule has 0 saturated heterocycles. The number of rotatable bonds is 6. The van der Waals surface area contributed by atoms with Gasteiger partial charge in [0.1, 0.15) is 17.2 Å². The van der Waals surface area contributed by atoms with Crippen LogP contribution in [0.25, 0.3) is 0 Å². The van der Waals surface area contributed by atoms with E-state index in [1.54, 1.807) is 0 Å². The normalized spacial score (nSPS) is 13.0. The monoisotopic (exact) mass is 348 g/mol. The highest BCUT2D eigenvalue weighted by molar-refractivity contribution is 5.96. The van der Waals surface area contributed by atoms with Crippen LogP contribution >= 0.6 is 0 Å². The van der Waals surface area contributed by atoms with Crippen LogP contribution in [0, 0.1) is 11.6 Å². The van der Waals surface area contributed by atoms with E-state index in [-0.39, 0.29) is 18.7 Å². The summed E-state index contributed by atoms with van der Waals surface area (Å²) in [4.78, 5) is 23.6. The Labute approximate surface area is 143 Å². The van der Waals surface area contributed by atoms with Crippen LogP contribution in [0.1, 0.15) is 22.8 Å². The van der Waals surface area contributed by atoms with Gasteiger partial charge in [-0.2, -0.15) is 0 Å². The van der Waals surface area contributed by atoms with Gasteiger partial charge in [-0.25, -0.2) is 8.78 Å². The molecule has 2 amide bonds. The molecule has 132 valence electrons. The van der Waals surface area contributed by atoms with Gasteiger partial charge in [0.25, 0.3) is 5.91 Å². The van der Waals surface area contributed by atoms with E-state index in [0.717, 1.165) is 6.07 Å². The second-order valence-electron chi connectivity index (χ2n) is 5.75. The number of amides is 2. The van der Waals surface area contributed by atoms with Gasteiger partial charge in [-0.3, -0.25) is 9.59 Å². The maximum Gasteiger partial charge on any atom is 0.251 e. The maximum absolute atomic E-state index is 13.1. The summed E-state index contributed by atoms with van der Waals surface area (Å²) < 4.78 is 26.0. The Hall–Kier alpha value is -2.80. The molecule has 2 rings (SSSR count). The molecule has 3 N–H and O–H groups in total. The lowest BCUT2D eigenvalue weighted by molar-refractivity contribution is -0.121. The van der Waals surface area contributed by atoms with Gasteiger partial charge in [-0.15, -0.1) is 0 Å². The molecule has 1 atom stereocenters. The number of benzene rings is 2. The highest BCUT2D eigenvalue weighted by Crippen LogP contribution is 2.19. The lowest BCUT2D eigenvalue weighted by atomic mass is 9.96. The molecule has 0 radical (unpaired) electrons. The summed E-state index contributed by atoms with van der Waals surface area (Å²) >= 11 is 0. The van der Waals surface area contributed by atoms with E-state index in [2.05, 4.69) is 10.6 Å². The molecule has 25 heavy (non-hydrogen) atoms. The molecule has 0 bridgehead atoms. The molecule has 0 heterocycles. The molecule has 7 heteroatoms. The van der Waals surface area contributed by atoms with E-state index >= 15 is 0 Å². The second kappa shape index (κ2) is 7.85. The first-order chi connectivity index (χ1) is 11.8. The predicted molar refractivity (Wildman–Crippen MR) is 87.7 cm³/mol. The third-order valence-corrected chi connectivity index (χ3v) is 3.59. The van der Waals surface area contributed by atoms with Gasteiger partial charge in [-0.1, -0.05) is 18.2 Å². The molecule has 0 saturated carbocycles. The van der Waals surface area contributed by atoms with Crippen molar-refractivity contribution >= 4 is 11.8 Å². The van der Waals surface area contributed by atoms with Gasteiger partial charge in [0.2, 0.25) is 5.91 Å². The predicted octanol–water partition coefficient (Wildman–Crippen LogP) is 1.72. The lowest BCUT2D eigenvalue weighted by Gasteiger charge is -2.24. The van der Waals surface area contributed by atoms with Gasteiger partial charge in [0, 0.05) is 5.56 Å². The van der Waals surface area contributed by atoms with Crippen LogP contribution in [0.4, 0.5) is 8.78 Å². The van der Waals surface area contributed by atoms with Crippen molar-refractivity contribution in [3.63, 3.8) is 0 Å². The fraction of sp³-hybridized carbons (Fsp3) is 0.222. The number of aliphatic hydroxyl groups is 1. The Morgan fingerprint density at radius 2 is 1.72 bits per heavy atom. The van der Waals surface area contributed by atoms with E-state index in [4.69, 9.17) is 0 Å². The third-order valence-electron chi connectivity index (χ3n) is 3.59. The van der Waals surface area contributed by atoms with E-state index in [1.165, 1.54) is 49.4 Å². The lowest BCUT2D eigenvalue weighted by Crippen LogP contribution is -2.43. The first-order valence-electron chi connectivity index (χ1n) is 7.57. The molecular formula is C18H18F2N2O3. The van der Waals surface area contributed by atoms with E-state index < -0.39 is 29.0 Å². The average molecular weight is 348 g/mol. The molecule has 0 fully saturated rings. The standard InChI is InChI=1S/C18H18F2N2O3/c1-18(25,13-5-7-14(19)8-6-13)11-22-16(23)10-21-17(24)12-3-2-4-15(20)9-12/h2-9,25H,10-11H2,1H3,(H,21,24)(H,22,23)/t18-/m0/s1. The summed E-state index contributed by atoms with van der Waals surface area (Å²) in [5, 5.41) is 15.2. The number of hydrogen-bond donors (Lipinski definition) is 3. The summed E-state index contributed by atoms with van der Waals surface area (Å²) in [6.07, 6.45) is 0. The van der Waals surface area contributed by atoms with Gasteiger partial charge < -0.3 is 15.7 Å². The van der Waals surface area contributed by atoms with Crippen LogP contribution in [0.15, 0.2) is 48.5 Å². The SMILES string of the molecule is C[C@](O)(CNC(=O)CNC(=O)c1cccc(F)c1)c1ccc(F)cc1. The summed E-state index contributed by atoms with van der Waals surface area (Å²) in [5.74, 6) is -2.08. The zero-order valence-electron chi connectivity index (χ0n) is 13.6. The molecule has 2 aromatic carbocycles. The van der Waals surface area contributed by atoms with Crippen LogP contribution in [0.5, 0.6) is 0 Å². The second-order valence-corrected chi connectivity index (χ2v) is 5.75. The Morgan fingerprint density at radius 3 is 2.36 bits per heavy atom. The molecule has 0 spiro atoms. The van der Waals surface area contributed by atoms with Crippen molar-refractivity contribution < 1.29 is 23.5 Å². The molecule has 2 aromatic rings. The van der Waals surface area contributed by atoms with Crippen molar-refractivity contribution in [2.75, 3.05) is 13.1 Å². The largest absolute Gasteiger partial charge is 0.384 e. The summed E-state index contributed by atoms with van der Waals surface area (Å²) in [5.41, 5.74) is -0.847. The minimum atomic E-state index is -1.39. The zero-order valence-corrected chi connectivity index (χ0v) is 13.6. The van der Waals surface area contributed by atoms with E-state index in [9.17, 15) is 23.5 Å². The van der Waals surface area contributed by atoms with Crippen molar-refractivity contribution in [1.82, 2.24) is 10.6 Å². The topological polar surface area (TPSA) is 78.4 Å². The van der Waals surface area contributed by atoms with Gasteiger partial charge in [-0.05, 0) is 42.8 Å². The van der Waals surface area contributed by atoms with Crippen LogP contribution in [-0.2, 0) is 10.4 Å². The first-order valence-corrected chi connectivity index (χ1v) is 7.57. The van der Waals surface area contributed by atoms with E-state index in [1.807, 2.05) is 0 Å². The zero-order chi connectivity index (χ0) is 18.4. The molecular weight excluding hydrogens is 330 g/mol. The molecule has 0 aliphatic carbocycles. The minimum Gasteiger partial charge on any atom is -0.384 e. The van der Waals surface area contributed by atoms with Gasteiger partial charge in [0.15, 0.2) is 0 Å². The van der Waals surface area contributed by atoms with Crippen LogP contribution < -0.4 is 10.6 Å². The summed E-state index contributed by atoms with van der Waals surface area (Å²) in [6.45, 7) is 1.04. The number of carbonyl (C=O) groups excluding carboxylic acids is 2. The molecule has 0 aromatic heterocycles. The average Bonchev–Trinajstić information content (AvgIpc) is 2.58. The fourth-order valence-electron chi connectivity index (χ4n) is 2.14.